The predicted molar refractivity (Wildman–Crippen MR) is 94.6 cm³/mol. The number of amides is 4. The van der Waals surface area contributed by atoms with Crippen LogP contribution in [0, 0.1) is 5.92 Å². The average Bonchev–Trinajstić information content (AvgIpc) is 2.83. The van der Waals surface area contributed by atoms with Gasteiger partial charge in [0.15, 0.2) is 0 Å². The standard InChI is InChI=1S/C19H23N3O4/c1-11(13-7-9-20-10-8-13)3-4-14-12(2)18(25)22(19(14)26)15-5-6-16(23)21-17(15)24/h3-4,13,15,20H,1,5-10H2,2H3,(H,21,23,24)/b4-3-. The predicted octanol–water partition coefficient (Wildman–Crippen LogP) is 0.589. The van der Waals surface area contributed by atoms with E-state index in [9.17, 15) is 19.2 Å². The quantitative estimate of drug-likeness (QED) is 0.567. The van der Waals surface area contributed by atoms with Crippen molar-refractivity contribution < 1.29 is 19.2 Å². The van der Waals surface area contributed by atoms with Crippen molar-refractivity contribution in [3.05, 3.63) is 35.5 Å². The van der Waals surface area contributed by atoms with Gasteiger partial charge in [0.05, 0.1) is 0 Å². The van der Waals surface area contributed by atoms with E-state index >= 15 is 0 Å². The summed E-state index contributed by atoms with van der Waals surface area (Å²) < 4.78 is 0. The molecule has 1 unspecified atom stereocenters. The van der Waals surface area contributed by atoms with Crippen LogP contribution in [0.3, 0.4) is 0 Å². The van der Waals surface area contributed by atoms with Gasteiger partial charge in [0, 0.05) is 17.6 Å². The molecule has 0 saturated carbocycles. The first-order valence-corrected chi connectivity index (χ1v) is 8.90. The molecule has 4 amide bonds. The van der Waals surface area contributed by atoms with Crippen molar-refractivity contribution in [1.82, 2.24) is 15.5 Å². The molecule has 2 fully saturated rings. The van der Waals surface area contributed by atoms with Crippen molar-refractivity contribution in [3.63, 3.8) is 0 Å². The fraction of sp³-hybridized carbons (Fsp3) is 0.474. The molecule has 0 aromatic rings. The Labute approximate surface area is 152 Å². The van der Waals surface area contributed by atoms with E-state index in [0.29, 0.717) is 11.5 Å². The van der Waals surface area contributed by atoms with Gasteiger partial charge in [-0.2, -0.15) is 0 Å². The molecule has 0 aromatic heterocycles. The number of hydrogen-bond donors (Lipinski definition) is 2. The molecule has 3 aliphatic heterocycles. The summed E-state index contributed by atoms with van der Waals surface area (Å²) in [6.07, 6.45) is 5.70. The fourth-order valence-corrected chi connectivity index (χ4v) is 3.61. The van der Waals surface area contributed by atoms with Gasteiger partial charge < -0.3 is 5.32 Å². The van der Waals surface area contributed by atoms with Gasteiger partial charge >= 0.3 is 0 Å². The van der Waals surface area contributed by atoms with Crippen LogP contribution in [0.25, 0.3) is 0 Å². The number of carbonyl (C=O) groups is 4. The molecule has 0 aliphatic carbocycles. The Bertz CT molecular complexity index is 744. The van der Waals surface area contributed by atoms with Crippen LogP contribution in [0.2, 0.25) is 0 Å². The first kappa shape index (κ1) is 18.3. The van der Waals surface area contributed by atoms with Crippen LogP contribution < -0.4 is 10.6 Å². The minimum atomic E-state index is -0.929. The second-order valence-electron chi connectivity index (χ2n) is 6.92. The fourth-order valence-electron chi connectivity index (χ4n) is 3.61. The van der Waals surface area contributed by atoms with Gasteiger partial charge in [-0.15, -0.1) is 0 Å². The lowest BCUT2D eigenvalue weighted by Crippen LogP contribution is -2.54. The number of nitrogens with one attached hydrogen (secondary N) is 2. The highest BCUT2D eigenvalue weighted by Crippen LogP contribution is 2.28. The van der Waals surface area contributed by atoms with Gasteiger partial charge in [-0.25, -0.2) is 0 Å². The van der Waals surface area contributed by atoms with Crippen LogP contribution >= 0.6 is 0 Å². The van der Waals surface area contributed by atoms with E-state index in [1.165, 1.54) is 0 Å². The molecular weight excluding hydrogens is 334 g/mol. The molecule has 7 heteroatoms. The highest BCUT2D eigenvalue weighted by molar-refractivity contribution is 6.22. The molecule has 3 heterocycles. The lowest BCUT2D eigenvalue weighted by molar-refractivity contribution is -0.150. The molecule has 1 atom stereocenters. The Balaban J connectivity index is 1.74. The zero-order valence-corrected chi connectivity index (χ0v) is 14.8. The first-order chi connectivity index (χ1) is 12.4. The lowest BCUT2D eigenvalue weighted by Gasteiger charge is -2.28. The maximum Gasteiger partial charge on any atom is 0.261 e. The van der Waals surface area contributed by atoms with Crippen LogP contribution in [0.1, 0.15) is 32.6 Å². The Hall–Kier alpha value is -2.54. The minimum absolute atomic E-state index is 0.115. The third-order valence-corrected chi connectivity index (χ3v) is 5.24. The Morgan fingerprint density at radius 1 is 1.12 bits per heavy atom. The SMILES string of the molecule is C=C(/C=C\C1=C(C)C(=O)N(C2CCC(=O)NC2=O)C1=O)C1CCNCC1. The smallest absolute Gasteiger partial charge is 0.261 e. The van der Waals surface area contributed by atoms with E-state index < -0.39 is 23.8 Å². The second kappa shape index (κ2) is 7.37. The number of piperidine rings is 2. The highest BCUT2D eigenvalue weighted by atomic mass is 16.2. The largest absolute Gasteiger partial charge is 0.317 e. The summed E-state index contributed by atoms with van der Waals surface area (Å²) in [7, 11) is 0. The molecule has 0 spiro atoms. The molecule has 26 heavy (non-hydrogen) atoms. The van der Waals surface area contributed by atoms with Crippen molar-refractivity contribution in [2.45, 2.75) is 38.6 Å². The van der Waals surface area contributed by atoms with Gasteiger partial charge in [0.2, 0.25) is 11.8 Å². The molecule has 3 rings (SSSR count). The zero-order chi connectivity index (χ0) is 18.8. The Morgan fingerprint density at radius 3 is 2.46 bits per heavy atom. The molecule has 7 nitrogen and oxygen atoms in total. The maximum atomic E-state index is 12.7. The summed E-state index contributed by atoms with van der Waals surface area (Å²) in [4.78, 5) is 49.6. The summed E-state index contributed by atoms with van der Waals surface area (Å²) in [5.41, 5.74) is 1.54. The van der Waals surface area contributed by atoms with Crippen molar-refractivity contribution in [2.24, 2.45) is 5.92 Å². The molecule has 138 valence electrons. The van der Waals surface area contributed by atoms with Gasteiger partial charge in [-0.3, -0.25) is 29.4 Å². The van der Waals surface area contributed by atoms with Crippen LogP contribution in [0.15, 0.2) is 35.5 Å². The summed E-state index contributed by atoms with van der Waals surface area (Å²) in [5.74, 6) is -1.58. The van der Waals surface area contributed by atoms with Crippen molar-refractivity contribution in [2.75, 3.05) is 13.1 Å². The summed E-state index contributed by atoms with van der Waals surface area (Å²) >= 11 is 0. The lowest BCUT2D eigenvalue weighted by atomic mass is 9.90. The number of rotatable bonds is 4. The van der Waals surface area contributed by atoms with Gasteiger partial charge in [0.1, 0.15) is 6.04 Å². The topological polar surface area (TPSA) is 95.6 Å². The van der Waals surface area contributed by atoms with E-state index in [2.05, 4.69) is 17.2 Å². The zero-order valence-electron chi connectivity index (χ0n) is 14.8. The summed E-state index contributed by atoms with van der Waals surface area (Å²) in [5, 5.41) is 5.48. The van der Waals surface area contributed by atoms with Gasteiger partial charge in [0.25, 0.3) is 11.8 Å². The maximum absolute atomic E-state index is 12.7. The van der Waals surface area contributed by atoms with Gasteiger partial charge in [-0.1, -0.05) is 18.2 Å². The number of carbonyl (C=O) groups excluding carboxylic acids is 4. The summed E-state index contributed by atoms with van der Waals surface area (Å²) in [6.45, 7) is 7.56. The van der Waals surface area contributed by atoms with Crippen LogP contribution in [-0.2, 0) is 19.2 Å². The van der Waals surface area contributed by atoms with Gasteiger partial charge in [-0.05, 0) is 51.3 Å². The normalized spacial score (nSPS) is 25.4. The highest BCUT2D eigenvalue weighted by Gasteiger charge is 2.43. The van der Waals surface area contributed by atoms with E-state index in [1.54, 1.807) is 19.1 Å². The number of allylic oxidation sites excluding steroid dienone is 2. The minimum Gasteiger partial charge on any atom is -0.317 e. The molecule has 0 aromatic carbocycles. The Morgan fingerprint density at radius 2 is 1.81 bits per heavy atom. The molecule has 2 saturated heterocycles. The van der Waals surface area contributed by atoms with E-state index in [-0.39, 0.29) is 24.3 Å². The van der Waals surface area contributed by atoms with E-state index in [1.807, 2.05) is 0 Å². The molecule has 0 bridgehead atoms. The first-order valence-electron chi connectivity index (χ1n) is 8.90. The molecule has 0 radical (unpaired) electrons. The number of hydrogen-bond acceptors (Lipinski definition) is 5. The van der Waals surface area contributed by atoms with Crippen LogP contribution in [0.4, 0.5) is 0 Å². The van der Waals surface area contributed by atoms with Crippen molar-refractivity contribution in [1.29, 1.82) is 0 Å². The summed E-state index contributed by atoms with van der Waals surface area (Å²) in [6, 6.07) is -0.929. The van der Waals surface area contributed by atoms with E-state index in [4.69, 9.17) is 0 Å². The second-order valence-corrected chi connectivity index (χ2v) is 6.92. The third-order valence-electron chi connectivity index (χ3n) is 5.24. The molecule has 2 N–H and O–H groups in total. The molecule has 3 aliphatic rings. The monoisotopic (exact) mass is 357 g/mol. The van der Waals surface area contributed by atoms with Crippen molar-refractivity contribution in [3.8, 4) is 0 Å². The van der Waals surface area contributed by atoms with Crippen LogP contribution in [-0.4, -0.2) is 47.7 Å². The van der Waals surface area contributed by atoms with E-state index in [0.717, 1.165) is 36.4 Å². The number of nitrogens with zero attached hydrogens (tertiary/aromatic N) is 1. The van der Waals surface area contributed by atoms with Crippen LogP contribution in [0.5, 0.6) is 0 Å². The van der Waals surface area contributed by atoms with Crippen molar-refractivity contribution >= 4 is 23.6 Å². The molecular formula is C19H23N3O4. The number of imide groups is 2. The average molecular weight is 357 g/mol. The third kappa shape index (κ3) is 3.39. The Kier molecular flexibility index (Phi) is 5.18.